The highest BCUT2D eigenvalue weighted by atomic mass is 35.5. The lowest BCUT2D eigenvalue weighted by Gasteiger charge is -2.36. The largest absolute Gasteiger partial charge is 0.497 e. The molecule has 1 aliphatic rings. The van der Waals surface area contributed by atoms with Gasteiger partial charge in [0.05, 0.1) is 13.7 Å². The van der Waals surface area contributed by atoms with Crippen LogP contribution in [0.25, 0.3) is 0 Å². The van der Waals surface area contributed by atoms with E-state index in [4.69, 9.17) is 21.1 Å². The molecule has 2 aromatic rings. The third-order valence-electron chi connectivity index (χ3n) is 5.13. The zero-order valence-electron chi connectivity index (χ0n) is 16.4. The molecule has 2 N–H and O–H groups in total. The summed E-state index contributed by atoms with van der Waals surface area (Å²) in [7, 11) is 1.62. The van der Waals surface area contributed by atoms with E-state index < -0.39 is 11.2 Å². The maximum atomic E-state index is 12.7. The number of amides is 1. The average molecular weight is 404 g/mol. The lowest BCUT2D eigenvalue weighted by Crippen LogP contribution is -2.51. The number of aliphatic hydroxyl groups is 1. The van der Waals surface area contributed by atoms with Crippen LogP contribution < -0.4 is 14.8 Å². The first-order valence-corrected chi connectivity index (χ1v) is 9.74. The van der Waals surface area contributed by atoms with Gasteiger partial charge in [-0.25, -0.2) is 0 Å². The van der Waals surface area contributed by atoms with Gasteiger partial charge < -0.3 is 19.9 Å². The van der Waals surface area contributed by atoms with Gasteiger partial charge in [-0.05, 0) is 80.6 Å². The molecule has 0 saturated carbocycles. The number of fused-ring (bicyclic) bond motifs is 1. The van der Waals surface area contributed by atoms with Crippen LogP contribution >= 0.6 is 11.6 Å². The summed E-state index contributed by atoms with van der Waals surface area (Å²) in [4.78, 5) is 12.7. The zero-order valence-corrected chi connectivity index (χ0v) is 17.2. The molecule has 0 radical (unpaired) electrons. The summed E-state index contributed by atoms with van der Waals surface area (Å²) in [6, 6.07) is 12.5. The maximum absolute atomic E-state index is 12.7. The normalized spacial score (nSPS) is 18.9. The van der Waals surface area contributed by atoms with Crippen molar-refractivity contribution in [1.82, 2.24) is 5.32 Å². The van der Waals surface area contributed by atoms with Gasteiger partial charge in [-0.3, -0.25) is 4.79 Å². The standard InChI is InChI=1S/C22H26ClNO4/c1-21(2,28-17-8-6-16(23)7-9-17)20(25)24-14-22(26)12-4-5-15-13-18(27-3)10-11-19(15)22/h6-11,13,26H,4-5,12,14H2,1-3H3,(H,24,25). The fourth-order valence-electron chi connectivity index (χ4n) is 3.53. The van der Waals surface area contributed by atoms with Crippen LogP contribution in [0.5, 0.6) is 11.5 Å². The molecule has 0 bridgehead atoms. The highest BCUT2D eigenvalue weighted by molar-refractivity contribution is 6.30. The van der Waals surface area contributed by atoms with Gasteiger partial charge in [0.1, 0.15) is 17.1 Å². The Hall–Kier alpha value is -2.24. The Kier molecular flexibility index (Phi) is 5.87. The lowest BCUT2D eigenvalue weighted by atomic mass is 9.79. The Balaban J connectivity index is 1.69. The fourth-order valence-corrected chi connectivity index (χ4v) is 3.66. The van der Waals surface area contributed by atoms with E-state index in [0.717, 1.165) is 29.7 Å². The number of halogens is 1. The van der Waals surface area contributed by atoms with E-state index in [9.17, 15) is 9.90 Å². The number of carbonyl (C=O) groups excluding carboxylic acids is 1. The molecule has 0 aliphatic heterocycles. The van der Waals surface area contributed by atoms with E-state index in [1.165, 1.54) is 0 Å². The Bertz CT molecular complexity index is 850. The van der Waals surface area contributed by atoms with Crippen LogP contribution in [0.15, 0.2) is 42.5 Å². The van der Waals surface area contributed by atoms with Crippen LogP contribution in [0.2, 0.25) is 5.02 Å². The quantitative estimate of drug-likeness (QED) is 0.768. The minimum atomic E-state index is -1.11. The molecule has 1 atom stereocenters. The second kappa shape index (κ2) is 8.02. The number of hydrogen-bond acceptors (Lipinski definition) is 4. The van der Waals surface area contributed by atoms with Crippen molar-refractivity contribution in [2.45, 2.75) is 44.3 Å². The van der Waals surface area contributed by atoms with Crippen LogP contribution in [0.3, 0.4) is 0 Å². The number of carbonyl (C=O) groups is 1. The molecule has 0 spiro atoms. The molecule has 28 heavy (non-hydrogen) atoms. The van der Waals surface area contributed by atoms with Crippen LogP contribution in [0.4, 0.5) is 0 Å². The Labute approximate surface area is 170 Å². The van der Waals surface area contributed by atoms with E-state index in [1.54, 1.807) is 45.2 Å². The molecule has 2 aromatic carbocycles. The van der Waals surface area contributed by atoms with Gasteiger partial charge in [0, 0.05) is 5.02 Å². The molecule has 6 heteroatoms. The summed E-state index contributed by atoms with van der Waals surface area (Å²) in [5.74, 6) is 1.03. The van der Waals surface area contributed by atoms with E-state index in [1.807, 2.05) is 18.2 Å². The van der Waals surface area contributed by atoms with Crippen molar-refractivity contribution in [3.05, 3.63) is 58.6 Å². The molecule has 0 aromatic heterocycles. The predicted octanol–water partition coefficient (Wildman–Crippen LogP) is 3.85. The molecule has 0 heterocycles. The molecular formula is C22H26ClNO4. The van der Waals surface area contributed by atoms with Crippen LogP contribution in [-0.4, -0.2) is 30.3 Å². The topological polar surface area (TPSA) is 67.8 Å². The highest BCUT2D eigenvalue weighted by Gasteiger charge is 2.37. The van der Waals surface area contributed by atoms with Crippen LogP contribution in [0, 0.1) is 0 Å². The van der Waals surface area contributed by atoms with Crippen molar-refractivity contribution < 1.29 is 19.4 Å². The fraction of sp³-hybridized carbons (Fsp3) is 0.409. The zero-order chi connectivity index (χ0) is 20.4. The van der Waals surface area contributed by atoms with Gasteiger partial charge in [-0.1, -0.05) is 17.7 Å². The van der Waals surface area contributed by atoms with Gasteiger partial charge in [0.15, 0.2) is 5.60 Å². The van der Waals surface area contributed by atoms with E-state index in [0.29, 0.717) is 17.2 Å². The van der Waals surface area contributed by atoms with Crippen molar-refractivity contribution in [2.24, 2.45) is 0 Å². The summed E-state index contributed by atoms with van der Waals surface area (Å²) in [5, 5.41) is 14.7. The molecule has 0 saturated heterocycles. The van der Waals surface area contributed by atoms with Crippen molar-refractivity contribution in [3.63, 3.8) is 0 Å². The summed E-state index contributed by atoms with van der Waals surface area (Å²) < 4.78 is 11.1. The minimum absolute atomic E-state index is 0.124. The van der Waals surface area contributed by atoms with Crippen molar-refractivity contribution in [2.75, 3.05) is 13.7 Å². The minimum Gasteiger partial charge on any atom is -0.497 e. The smallest absolute Gasteiger partial charge is 0.263 e. The lowest BCUT2D eigenvalue weighted by molar-refractivity contribution is -0.135. The second-order valence-electron chi connectivity index (χ2n) is 7.66. The number of nitrogens with one attached hydrogen (secondary N) is 1. The van der Waals surface area contributed by atoms with Crippen molar-refractivity contribution in [3.8, 4) is 11.5 Å². The van der Waals surface area contributed by atoms with Crippen molar-refractivity contribution >= 4 is 17.5 Å². The number of benzene rings is 2. The molecule has 0 fully saturated rings. The molecular weight excluding hydrogens is 378 g/mol. The first-order chi connectivity index (χ1) is 13.2. The van der Waals surface area contributed by atoms with Crippen LogP contribution in [0.1, 0.15) is 37.8 Å². The average Bonchev–Trinajstić information content (AvgIpc) is 2.67. The van der Waals surface area contributed by atoms with Gasteiger partial charge in [0.25, 0.3) is 5.91 Å². The predicted molar refractivity (Wildman–Crippen MR) is 109 cm³/mol. The third-order valence-corrected chi connectivity index (χ3v) is 5.38. The van der Waals surface area contributed by atoms with Gasteiger partial charge in [0.2, 0.25) is 0 Å². The summed E-state index contributed by atoms with van der Waals surface area (Å²) >= 11 is 5.89. The Morgan fingerprint density at radius 3 is 2.57 bits per heavy atom. The van der Waals surface area contributed by atoms with Gasteiger partial charge in [-0.2, -0.15) is 0 Å². The summed E-state index contributed by atoms with van der Waals surface area (Å²) in [6.45, 7) is 3.51. The van der Waals surface area contributed by atoms with Crippen molar-refractivity contribution in [1.29, 1.82) is 0 Å². The molecule has 1 unspecified atom stereocenters. The number of methoxy groups -OCH3 is 1. The van der Waals surface area contributed by atoms with E-state index in [-0.39, 0.29) is 12.5 Å². The molecule has 5 nitrogen and oxygen atoms in total. The SMILES string of the molecule is COc1ccc2c(c1)CCCC2(O)CNC(=O)C(C)(C)Oc1ccc(Cl)cc1. The number of ether oxygens (including phenoxy) is 2. The van der Waals surface area contributed by atoms with E-state index >= 15 is 0 Å². The summed E-state index contributed by atoms with van der Waals surface area (Å²) in [6.07, 6.45) is 2.32. The van der Waals surface area contributed by atoms with Gasteiger partial charge in [-0.15, -0.1) is 0 Å². The first kappa shape index (κ1) is 20.5. The second-order valence-corrected chi connectivity index (χ2v) is 8.09. The Morgan fingerprint density at radius 2 is 1.89 bits per heavy atom. The maximum Gasteiger partial charge on any atom is 0.263 e. The molecule has 1 amide bonds. The van der Waals surface area contributed by atoms with E-state index in [2.05, 4.69) is 5.32 Å². The highest BCUT2D eigenvalue weighted by Crippen LogP contribution is 2.36. The number of rotatable bonds is 6. The molecule has 150 valence electrons. The first-order valence-electron chi connectivity index (χ1n) is 9.36. The number of hydrogen-bond donors (Lipinski definition) is 2. The molecule has 1 aliphatic carbocycles. The monoisotopic (exact) mass is 403 g/mol. The van der Waals surface area contributed by atoms with Gasteiger partial charge >= 0.3 is 0 Å². The third kappa shape index (κ3) is 4.42. The summed E-state index contributed by atoms with van der Waals surface area (Å²) in [5.41, 5.74) is -0.303. The number of aryl methyl sites for hydroxylation is 1. The van der Waals surface area contributed by atoms with Crippen LogP contribution in [-0.2, 0) is 16.8 Å². The Morgan fingerprint density at radius 1 is 1.21 bits per heavy atom. The molecule has 3 rings (SSSR count).